The van der Waals surface area contributed by atoms with E-state index in [-0.39, 0.29) is 5.56 Å². The quantitative estimate of drug-likeness (QED) is 0.483. The van der Waals surface area contributed by atoms with Gasteiger partial charge in [-0.05, 0) is 44.0 Å². The van der Waals surface area contributed by atoms with E-state index in [1.165, 1.54) is 5.56 Å². The lowest BCUT2D eigenvalue weighted by molar-refractivity contribution is 0.0698. The first-order valence-corrected chi connectivity index (χ1v) is 9.52. The molecule has 0 spiro atoms. The third-order valence-corrected chi connectivity index (χ3v) is 5.21. The number of aromatic carboxylic acids is 1. The molecule has 0 fully saturated rings. The molecule has 0 aliphatic carbocycles. The maximum Gasteiger partial charge on any atom is 0.340 e. The van der Waals surface area contributed by atoms with Crippen LogP contribution in [-0.2, 0) is 0 Å². The summed E-state index contributed by atoms with van der Waals surface area (Å²) < 4.78 is 1.75. The molecule has 0 saturated heterocycles. The fourth-order valence-electron chi connectivity index (χ4n) is 3.44. The molecular weight excluding hydrogens is 360 g/mol. The molecule has 3 aromatic carbocycles. The summed E-state index contributed by atoms with van der Waals surface area (Å²) in [6, 6.07) is 23.4. The van der Waals surface area contributed by atoms with E-state index in [1.54, 1.807) is 4.68 Å². The van der Waals surface area contributed by atoms with Crippen molar-refractivity contribution in [2.75, 3.05) is 0 Å². The van der Waals surface area contributed by atoms with Crippen LogP contribution in [0.3, 0.4) is 0 Å². The fraction of sp³-hybridized carbons (Fsp3) is 0.120. The van der Waals surface area contributed by atoms with Crippen molar-refractivity contribution in [3.05, 3.63) is 95.1 Å². The van der Waals surface area contributed by atoms with Gasteiger partial charge in [0.2, 0.25) is 0 Å². The van der Waals surface area contributed by atoms with Crippen molar-refractivity contribution in [2.24, 2.45) is 0 Å². The molecule has 0 amide bonds. The van der Waals surface area contributed by atoms with Crippen molar-refractivity contribution >= 4 is 5.97 Å². The summed E-state index contributed by atoms with van der Waals surface area (Å²) in [5, 5.41) is 14.9. The van der Waals surface area contributed by atoms with E-state index in [2.05, 4.69) is 6.92 Å². The van der Waals surface area contributed by atoms with Gasteiger partial charge in [-0.2, -0.15) is 5.10 Å². The number of carboxylic acid groups (broad SMARTS) is 1. The highest BCUT2D eigenvalue weighted by Gasteiger charge is 2.26. The third-order valence-electron chi connectivity index (χ3n) is 5.21. The number of hydrogen-bond donors (Lipinski definition) is 1. The van der Waals surface area contributed by atoms with Gasteiger partial charge < -0.3 is 5.11 Å². The van der Waals surface area contributed by atoms with E-state index in [9.17, 15) is 9.90 Å². The summed E-state index contributed by atoms with van der Waals surface area (Å²) in [7, 11) is 0. The molecule has 4 nitrogen and oxygen atoms in total. The molecular formula is C25H22N2O2. The number of nitrogens with zero attached hydrogens (tertiary/aromatic N) is 2. The number of carboxylic acids is 1. The second-order valence-corrected chi connectivity index (χ2v) is 7.29. The Hall–Kier alpha value is -3.66. The summed E-state index contributed by atoms with van der Waals surface area (Å²) in [6.07, 6.45) is 0. The SMILES string of the molecule is Cc1ccc(-c2nn(-c3ccc(C)c(C)c3)c(-c3ccccc3)c2C(=O)O)cc1. The second-order valence-electron chi connectivity index (χ2n) is 7.29. The summed E-state index contributed by atoms with van der Waals surface area (Å²) in [5.74, 6) is -0.991. The second kappa shape index (κ2) is 7.40. The average Bonchev–Trinajstić information content (AvgIpc) is 3.12. The molecule has 1 aromatic heterocycles. The summed E-state index contributed by atoms with van der Waals surface area (Å²) in [4.78, 5) is 12.4. The first-order chi connectivity index (χ1) is 14.0. The van der Waals surface area contributed by atoms with E-state index in [0.717, 1.165) is 27.9 Å². The van der Waals surface area contributed by atoms with Crippen LogP contribution >= 0.6 is 0 Å². The average molecular weight is 382 g/mol. The van der Waals surface area contributed by atoms with Gasteiger partial charge in [-0.3, -0.25) is 0 Å². The zero-order valence-electron chi connectivity index (χ0n) is 16.7. The third kappa shape index (κ3) is 3.45. The van der Waals surface area contributed by atoms with Crippen LogP contribution in [0.5, 0.6) is 0 Å². The van der Waals surface area contributed by atoms with Gasteiger partial charge in [0.05, 0.1) is 11.4 Å². The first-order valence-electron chi connectivity index (χ1n) is 9.52. The molecule has 29 heavy (non-hydrogen) atoms. The number of aryl methyl sites for hydroxylation is 3. The van der Waals surface area contributed by atoms with Crippen molar-refractivity contribution in [1.29, 1.82) is 0 Å². The lowest BCUT2D eigenvalue weighted by Gasteiger charge is -2.10. The Balaban J connectivity index is 2.06. The van der Waals surface area contributed by atoms with Crippen molar-refractivity contribution in [3.63, 3.8) is 0 Å². The molecule has 1 N–H and O–H groups in total. The van der Waals surface area contributed by atoms with Gasteiger partial charge in [-0.25, -0.2) is 9.48 Å². The minimum absolute atomic E-state index is 0.207. The highest BCUT2D eigenvalue weighted by atomic mass is 16.4. The van der Waals surface area contributed by atoms with Gasteiger partial charge in [-0.1, -0.05) is 66.2 Å². The Labute approximate surface area is 170 Å². The van der Waals surface area contributed by atoms with E-state index in [4.69, 9.17) is 5.10 Å². The van der Waals surface area contributed by atoms with E-state index in [0.29, 0.717) is 11.4 Å². The number of benzene rings is 3. The standard InChI is InChI=1S/C25H22N2O2/c1-16-9-12-19(13-10-16)23-22(25(28)29)24(20-7-5-4-6-8-20)27(26-23)21-14-11-17(2)18(3)15-21/h4-15H,1-3H3,(H,28,29). The van der Waals surface area contributed by atoms with Crippen LogP contribution in [0.1, 0.15) is 27.0 Å². The first kappa shape index (κ1) is 18.7. The van der Waals surface area contributed by atoms with Gasteiger partial charge in [-0.15, -0.1) is 0 Å². The Morgan fingerprint density at radius 2 is 1.52 bits per heavy atom. The number of carbonyl (C=O) groups is 1. The highest BCUT2D eigenvalue weighted by Crippen LogP contribution is 2.34. The number of aromatic nitrogens is 2. The van der Waals surface area contributed by atoms with E-state index >= 15 is 0 Å². The van der Waals surface area contributed by atoms with E-state index < -0.39 is 5.97 Å². The van der Waals surface area contributed by atoms with Crippen LogP contribution in [0.2, 0.25) is 0 Å². The van der Waals surface area contributed by atoms with Gasteiger partial charge in [0.25, 0.3) is 0 Å². The molecule has 0 aliphatic heterocycles. The molecule has 0 atom stereocenters. The molecule has 4 rings (SSSR count). The monoisotopic (exact) mass is 382 g/mol. The van der Waals surface area contributed by atoms with Gasteiger partial charge in [0, 0.05) is 11.1 Å². The molecule has 0 bridgehead atoms. The number of hydrogen-bond acceptors (Lipinski definition) is 2. The lowest BCUT2D eigenvalue weighted by atomic mass is 10.0. The summed E-state index contributed by atoms with van der Waals surface area (Å²) in [5.41, 5.74) is 7.12. The maximum atomic E-state index is 12.4. The van der Waals surface area contributed by atoms with Gasteiger partial charge in [0.1, 0.15) is 11.3 Å². The topological polar surface area (TPSA) is 55.1 Å². The summed E-state index contributed by atoms with van der Waals surface area (Å²) in [6.45, 7) is 6.11. The molecule has 4 heteroatoms. The molecule has 4 aromatic rings. The summed E-state index contributed by atoms with van der Waals surface area (Å²) >= 11 is 0. The molecule has 0 radical (unpaired) electrons. The molecule has 144 valence electrons. The molecule has 1 heterocycles. The van der Waals surface area contributed by atoms with Crippen molar-refractivity contribution in [1.82, 2.24) is 9.78 Å². The largest absolute Gasteiger partial charge is 0.478 e. The Bertz CT molecular complexity index is 1190. The highest BCUT2D eigenvalue weighted by molar-refractivity contribution is 6.01. The molecule has 0 saturated carbocycles. The Kier molecular flexibility index (Phi) is 4.77. The Morgan fingerprint density at radius 1 is 0.828 bits per heavy atom. The predicted molar refractivity (Wildman–Crippen MR) is 116 cm³/mol. The van der Waals surface area contributed by atoms with Crippen molar-refractivity contribution < 1.29 is 9.90 Å². The normalized spacial score (nSPS) is 10.9. The zero-order valence-corrected chi connectivity index (χ0v) is 16.7. The minimum Gasteiger partial charge on any atom is -0.478 e. The zero-order chi connectivity index (χ0) is 20.5. The van der Waals surface area contributed by atoms with Gasteiger partial charge >= 0.3 is 5.97 Å². The van der Waals surface area contributed by atoms with Crippen LogP contribution in [0.4, 0.5) is 0 Å². The van der Waals surface area contributed by atoms with Crippen LogP contribution < -0.4 is 0 Å². The number of rotatable bonds is 4. The minimum atomic E-state index is -0.991. The molecule has 0 aliphatic rings. The predicted octanol–water partition coefficient (Wildman–Crippen LogP) is 5.83. The van der Waals surface area contributed by atoms with Crippen LogP contribution in [0, 0.1) is 20.8 Å². The maximum absolute atomic E-state index is 12.4. The fourth-order valence-corrected chi connectivity index (χ4v) is 3.44. The van der Waals surface area contributed by atoms with Crippen molar-refractivity contribution in [3.8, 4) is 28.2 Å². The lowest BCUT2D eigenvalue weighted by Crippen LogP contribution is -2.03. The van der Waals surface area contributed by atoms with Crippen LogP contribution in [-0.4, -0.2) is 20.9 Å². The van der Waals surface area contributed by atoms with Crippen LogP contribution in [0.15, 0.2) is 72.8 Å². The van der Waals surface area contributed by atoms with Crippen molar-refractivity contribution in [2.45, 2.75) is 20.8 Å². The van der Waals surface area contributed by atoms with Crippen LogP contribution in [0.25, 0.3) is 28.2 Å². The molecule has 0 unspecified atom stereocenters. The smallest absolute Gasteiger partial charge is 0.340 e. The Morgan fingerprint density at radius 3 is 2.14 bits per heavy atom. The van der Waals surface area contributed by atoms with Gasteiger partial charge in [0.15, 0.2) is 0 Å². The van der Waals surface area contributed by atoms with E-state index in [1.807, 2.05) is 86.6 Å².